The van der Waals surface area contributed by atoms with Gasteiger partial charge in [0.1, 0.15) is 0 Å². The molecule has 0 unspecified atom stereocenters. The highest BCUT2D eigenvalue weighted by atomic mass is 35.5. The molecule has 1 aromatic rings. The average molecular weight is 271 g/mol. The number of halogens is 1. The molecule has 5 nitrogen and oxygen atoms in total. The van der Waals surface area contributed by atoms with E-state index in [4.69, 9.17) is 11.6 Å². The Bertz CT molecular complexity index is 419. The lowest BCUT2D eigenvalue weighted by molar-refractivity contribution is 0.108. The van der Waals surface area contributed by atoms with Crippen LogP contribution in [0, 0.1) is 0 Å². The lowest BCUT2D eigenvalue weighted by atomic mass is 9.82. The molecule has 18 heavy (non-hydrogen) atoms. The highest BCUT2D eigenvalue weighted by Gasteiger charge is 2.31. The van der Waals surface area contributed by atoms with Crippen molar-refractivity contribution in [2.24, 2.45) is 0 Å². The minimum absolute atomic E-state index is 0.0531. The van der Waals surface area contributed by atoms with Crippen LogP contribution in [0.5, 0.6) is 0 Å². The Morgan fingerprint density at radius 2 is 2.11 bits per heavy atom. The molecule has 1 fully saturated rings. The van der Waals surface area contributed by atoms with Gasteiger partial charge in [-0.25, -0.2) is 4.98 Å². The first-order valence-electron chi connectivity index (χ1n) is 6.19. The van der Waals surface area contributed by atoms with E-state index in [9.17, 15) is 5.11 Å². The van der Waals surface area contributed by atoms with Gasteiger partial charge >= 0.3 is 0 Å². The van der Waals surface area contributed by atoms with Gasteiger partial charge in [0.2, 0.25) is 5.28 Å². The van der Waals surface area contributed by atoms with Gasteiger partial charge in [-0.1, -0.05) is 0 Å². The highest BCUT2D eigenvalue weighted by molar-refractivity contribution is 6.28. The van der Waals surface area contributed by atoms with E-state index >= 15 is 0 Å². The number of hydrogen-bond donors (Lipinski definition) is 3. The zero-order valence-electron chi connectivity index (χ0n) is 10.7. The predicted octanol–water partition coefficient (Wildman–Crippen LogP) is 2.28. The number of rotatable bonds is 3. The monoisotopic (exact) mass is 270 g/mol. The molecule has 0 saturated heterocycles. The number of nitrogens with zero attached hydrogens (tertiary/aromatic N) is 2. The first kappa shape index (κ1) is 13.4. The number of hydrogen-bond acceptors (Lipinski definition) is 5. The minimum Gasteiger partial charge on any atom is -0.393 e. The first-order valence-corrected chi connectivity index (χ1v) is 6.57. The van der Waals surface area contributed by atoms with E-state index in [2.05, 4.69) is 27.5 Å². The lowest BCUT2D eigenvalue weighted by Crippen LogP contribution is -2.40. The van der Waals surface area contributed by atoms with Gasteiger partial charge in [0, 0.05) is 12.6 Å². The topological polar surface area (TPSA) is 70.1 Å². The minimum atomic E-state index is -0.169. The summed E-state index contributed by atoms with van der Waals surface area (Å²) in [5.74, 6) is 0.719. The van der Waals surface area contributed by atoms with E-state index in [1.54, 1.807) is 6.20 Å². The standard InChI is InChI=1S/C12H19ClN4O/c1-12(5-3-8(18)4-6-12)17-10-9(14-2)7-15-11(13)16-10/h7-8,14,18H,3-6H2,1-2H3,(H,15,16,17). The zero-order valence-corrected chi connectivity index (χ0v) is 11.5. The number of aliphatic hydroxyl groups excluding tert-OH is 1. The average Bonchev–Trinajstić information content (AvgIpc) is 2.34. The van der Waals surface area contributed by atoms with Crippen LogP contribution in [0.3, 0.4) is 0 Å². The predicted molar refractivity (Wildman–Crippen MR) is 73.1 cm³/mol. The second kappa shape index (κ2) is 5.28. The molecule has 100 valence electrons. The van der Waals surface area contributed by atoms with Gasteiger partial charge in [0.05, 0.1) is 18.0 Å². The fraction of sp³-hybridized carbons (Fsp3) is 0.667. The zero-order chi connectivity index (χ0) is 13.2. The Hall–Kier alpha value is -1.07. The van der Waals surface area contributed by atoms with E-state index in [1.807, 2.05) is 7.05 Å². The quantitative estimate of drug-likeness (QED) is 0.735. The maximum absolute atomic E-state index is 9.57. The maximum Gasteiger partial charge on any atom is 0.224 e. The molecule has 1 saturated carbocycles. The number of nitrogens with one attached hydrogen (secondary N) is 2. The first-order chi connectivity index (χ1) is 8.52. The summed E-state index contributed by atoms with van der Waals surface area (Å²) in [4.78, 5) is 8.17. The van der Waals surface area contributed by atoms with Gasteiger partial charge in [-0.2, -0.15) is 4.98 Å². The third-order valence-corrected chi connectivity index (χ3v) is 3.69. The number of aromatic nitrogens is 2. The van der Waals surface area contributed by atoms with Crippen LogP contribution >= 0.6 is 11.6 Å². The van der Waals surface area contributed by atoms with Gasteiger partial charge in [-0.05, 0) is 44.2 Å². The molecule has 0 bridgehead atoms. The second-order valence-electron chi connectivity index (χ2n) is 5.07. The normalized spacial score (nSPS) is 27.9. The molecule has 0 aliphatic heterocycles. The van der Waals surface area contributed by atoms with Crippen molar-refractivity contribution in [2.45, 2.75) is 44.2 Å². The van der Waals surface area contributed by atoms with Gasteiger partial charge in [-0.15, -0.1) is 0 Å². The van der Waals surface area contributed by atoms with Crippen LogP contribution in [0.1, 0.15) is 32.6 Å². The number of aliphatic hydroxyl groups is 1. The van der Waals surface area contributed by atoms with E-state index < -0.39 is 0 Å². The van der Waals surface area contributed by atoms with Crippen LogP contribution in [-0.4, -0.2) is 33.8 Å². The third kappa shape index (κ3) is 3.03. The van der Waals surface area contributed by atoms with Crippen LogP contribution in [0.15, 0.2) is 6.20 Å². The Kier molecular flexibility index (Phi) is 3.92. The molecule has 1 aliphatic rings. The third-order valence-electron chi connectivity index (χ3n) is 3.51. The number of anilines is 2. The van der Waals surface area contributed by atoms with Gasteiger partial charge in [0.25, 0.3) is 0 Å². The molecule has 2 rings (SSSR count). The Morgan fingerprint density at radius 3 is 2.72 bits per heavy atom. The molecule has 6 heteroatoms. The Balaban J connectivity index is 2.15. The van der Waals surface area contributed by atoms with Crippen LogP contribution in [-0.2, 0) is 0 Å². The van der Waals surface area contributed by atoms with E-state index in [0.29, 0.717) is 0 Å². The molecule has 0 aromatic carbocycles. The fourth-order valence-electron chi connectivity index (χ4n) is 2.29. The molecule has 1 heterocycles. The molecule has 3 N–H and O–H groups in total. The van der Waals surface area contributed by atoms with Crippen LogP contribution in [0.4, 0.5) is 11.5 Å². The molecule has 0 spiro atoms. The van der Waals surface area contributed by atoms with Crippen molar-refractivity contribution in [1.29, 1.82) is 0 Å². The summed E-state index contributed by atoms with van der Waals surface area (Å²) in [6.07, 6.45) is 4.96. The molecule has 0 amide bonds. The molecule has 0 radical (unpaired) electrons. The summed E-state index contributed by atoms with van der Waals surface area (Å²) in [6.45, 7) is 2.15. The van der Waals surface area contributed by atoms with Crippen molar-refractivity contribution < 1.29 is 5.11 Å². The van der Waals surface area contributed by atoms with Crippen molar-refractivity contribution in [1.82, 2.24) is 9.97 Å². The van der Waals surface area contributed by atoms with Crippen LogP contribution in [0.25, 0.3) is 0 Å². The van der Waals surface area contributed by atoms with Crippen LogP contribution in [0.2, 0.25) is 5.28 Å². The summed E-state index contributed by atoms with van der Waals surface area (Å²) in [6, 6.07) is 0. The van der Waals surface area contributed by atoms with Gasteiger partial charge < -0.3 is 15.7 Å². The van der Waals surface area contributed by atoms with E-state index in [1.165, 1.54) is 0 Å². The van der Waals surface area contributed by atoms with Gasteiger partial charge in [0.15, 0.2) is 5.82 Å². The largest absolute Gasteiger partial charge is 0.393 e. The summed E-state index contributed by atoms with van der Waals surface area (Å²) in [5, 5.41) is 16.3. The van der Waals surface area contributed by atoms with Gasteiger partial charge in [-0.3, -0.25) is 0 Å². The molecular formula is C12H19ClN4O. The lowest BCUT2D eigenvalue weighted by Gasteiger charge is -2.37. The Morgan fingerprint density at radius 1 is 1.44 bits per heavy atom. The van der Waals surface area contributed by atoms with Crippen molar-refractivity contribution in [3.63, 3.8) is 0 Å². The molecule has 1 aromatic heterocycles. The fourth-order valence-corrected chi connectivity index (χ4v) is 2.42. The molecule has 1 aliphatic carbocycles. The van der Waals surface area contributed by atoms with Crippen molar-refractivity contribution in [2.75, 3.05) is 17.7 Å². The maximum atomic E-state index is 9.57. The summed E-state index contributed by atoms with van der Waals surface area (Å²) in [5.41, 5.74) is 0.773. The summed E-state index contributed by atoms with van der Waals surface area (Å²) >= 11 is 5.83. The van der Waals surface area contributed by atoms with E-state index in [-0.39, 0.29) is 16.9 Å². The second-order valence-corrected chi connectivity index (χ2v) is 5.41. The smallest absolute Gasteiger partial charge is 0.224 e. The van der Waals surface area contributed by atoms with Crippen LogP contribution < -0.4 is 10.6 Å². The Labute approximate surface area is 112 Å². The van der Waals surface area contributed by atoms with Crippen molar-refractivity contribution >= 4 is 23.1 Å². The highest BCUT2D eigenvalue weighted by Crippen LogP contribution is 2.33. The molecular weight excluding hydrogens is 252 g/mol. The SMILES string of the molecule is CNc1cnc(Cl)nc1NC1(C)CCC(O)CC1. The van der Waals surface area contributed by atoms with Crippen molar-refractivity contribution in [3.8, 4) is 0 Å². The summed E-state index contributed by atoms with van der Waals surface area (Å²) in [7, 11) is 1.82. The summed E-state index contributed by atoms with van der Waals surface area (Å²) < 4.78 is 0. The van der Waals surface area contributed by atoms with E-state index in [0.717, 1.165) is 37.2 Å². The molecule has 0 atom stereocenters. The van der Waals surface area contributed by atoms with Crippen molar-refractivity contribution in [3.05, 3.63) is 11.5 Å².